The number of nitrogens with one attached hydrogen (secondary N) is 1. The van der Waals surface area contributed by atoms with Crippen LogP contribution in [-0.2, 0) is 25.6 Å². The molecule has 1 N–H and O–H groups in total. The van der Waals surface area contributed by atoms with Crippen LogP contribution in [0.15, 0.2) is 12.3 Å². The van der Waals surface area contributed by atoms with E-state index in [4.69, 9.17) is 0 Å². The number of fused-ring (bicyclic) bond motifs is 1. The number of anilines is 1. The van der Waals surface area contributed by atoms with E-state index in [1.165, 1.54) is 23.9 Å². The largest absolute Gasteiger partial charge is 0.433 e. The van der Waals surface area contributed by atoms with E-state index in [9.17, 15) is 13.2 Å². The number of hydrogen-bond acceptors (Lipinski definition) is 5. The molecule has 9 heteroatoms. The summed E-state index contributed by atoms with van der Waals surface area (Å²) in [5.74, 6) is 0.148. The molecule has 0 saturated carbocycles. The zero-order valence-corrected chi connectivity index (χ0v) is 13.7. The summed E-state index contributed by atoms with van der Waals surface area (Å²) in [6.07, 6.45) is 0.0595. The lowest BCUT2D eigenvalue weighted by Crippen LogP contribution is -2.46. The van der Waals surface area contributed by atoms with Gasteiger partial charge in [0.25, 0.3) is 0 Å². The van der Waals surface area contributed by atoms with E-state index in [0.29, 0.717) is 13.1 Å². The van der Waals surface area contributed by atoms with Crippen LogP contribution < -0.4 is 4.90 Å². The number of nitrogens with zero attached hydrogens (tertiary/aromatic N) is 5. The number of aromatic nitrogens is 4. The van der Waals surface area contributed by atoms with Crippen molar-refractivity contribution in [2.75, 3.05) is 31.1 Å². The van der Waals surface area contributed by atoms with Gasteiger partial charge in [0.1, 0.15) is 5.69 Å². The van der Waals surface area contributed by atoms with Gasteiger partial charge in [0, 0.05) is 44.6 Å². The molecule has 0 spiro atoms. The SMILES string of the molecule is FC(F)(F)c1ccnc(N2CCN(Cc3n[nH]c4c3CCC4)CC2)n1. The second-order valence-corrected chi connectivity index (χ2v) is 6.48. The maximum atomic E-state index is 12.8. The summed E-state index contributed by atoms with van der Waals surface area (Å²) in [6.45, 7) is 3.49. The minimum absolute atomic E-state index is 0.148. The molecule has 0 aromatic carbocycles. The first-order valence-corrected chi connectivity index (χ1v) is 8.43. The normalized spacial score (nSPS) is 18.6. The van der Waals surface area contributed by atoms with Gasteiger partial charge in [-0.1, -0.05) is 0 Å². The number of aryl methyl sites for hydroxylation is 1. The molecule has 3 heterocycles. The molecule has 0 atom stereocenters. The van der Waals surface area contributed by atoms with Crippen molar-refractivity contribution < 1.29 is 13.2 Å². The van der Waals surface area contributed by atoms with E-state index in [1.54, 1.807) is 4.90 Å². The highest BCUT2D eigenvalue weighted by atomic mass is 19.4. The lowest BCUT2D eigenvalue weighted by atomic mass is 10.2. The van der Waals surface area contributed by atoms with Gasteiger partial charge in [-0.05, 0) is 30.9 Å². The first kappa shape index (κ1) is 16.3. The van der Waals surface area contributed by atoms with Crippen molar-refractivity contribution in [3.05, 3.63) is 34.9 Å². The van der Waals surface area contributed by atoms with Gasteiger partial charge in [-0.3, -0.25) is 10.00 Å². The van der Waals surface area contributed by atoms with E-state index < -0.39 is 11.9 Å². The van der Waals surface area contributed by atoms with Crippen molar-refractivity contribution in [2.45, 2.75) is 32.0 Å². The van der Waals surface area contributed by atoms with Crippen LogP contribution in [0.25, 0.3) is 0 Å². The molecule has 1 fully saturated rings. The fraction of sp³-hybridized carbons (Fsp3) is 0.562. The summed E-state index contributed by atoms with van der Waals surface area (Å²) in [7, 11) is 0. The Morgan fingerprint density at radius 3 is 2.68 bits per heavy atom. The monoisotopic (exact) mass is 352 g/mol. The molecule has 4 rings (SSSR count). The number of hydrogen-bond donors (Lipinski definition) is 1. The molecule has 134 valence electrons. The molecular weight excluding hydrogens is 333 g/mol. The van der Waals surface area contributed by atoms with Gasteiger partial charge in [-0.2, -0.15) is 18.3 Å². The fourth-order valence-corrected chi connectivity index (χ4v) is 3.50. The van der Waals surface area contributed by atoms with Crippen LogP contribution in [0.4, 0.5) is 19.1 Å². The molecule has 2 aromatic heterocycles. The molecule has 0 bridgehead atoms. The van der Waals surface area contributed by atoms with Gasteiger partial charge in [-0.25, -0.2) is 9.97 Å². The average Bonchev–Trinajstić information content (AvgIpc) is 3.20. The molecule has 0 unspecified atom stereocenters. The molecule has 1 saturated heterocycles. The van der Waals surface area contributed by atoms with Crippen molar-refractivity contribution >= 4 is 5.95 Å². The molecule has 6 nitrogen and oxygen atoms in total. The van der Waals surface area contributed by atoms with E-state index in [-0.39, 0.29) is 5.95 Å². The minimum Gasteiger partial charge on any atom is -0.338 e. The maximum Gasteiger partial charge on any atom is 0.433 e. The maximum absolute atomic E-state index is 12.8. The molecule has 0 amide bonds. The Kier molecular flexibility index (Phi) is 4.10. The van der Waals surface area contributed by atoms with Crippen LogP contribution in [0.3, 0.4) is 0 Å². The Balaban J connectivity index is 1.38. The van der Waals surface area contributed by atoms with E-state index in [1.807, 2.05) is 0 Å². The first-order chi connectivity index (χ1) is 12.0. The van der Waals surface area contributed by atoms with E-state index in [0.717, 1.165) is 44.2 Å². The summed E-state index contributed by atoms with van der Waals surface area (Å²) in [6, 6.07) is 0.901. The summed E-state index contributed by atoms with van der Waals surface area (Å²) < 4.78 is 38.4. The Morgan fingerprint density at radius 1 is 1.12 bits per heavy atom. The van der Waals surface area contributed by atoms with Crippen molar-refractivity contribution in [1.29, 1.82) is 0 Å². The Hall–Kier alpha value is -2.16. The van der Waals surface area contributed by atoms with Crippen molar-refractivity contribution in [3.8, 4) is 0 Å². The van der Waals surface area contributed by atoms with Gasteiger partial charge in [-0.15, -0.1) is 0 Å². The van der Waals surface area contributed by atoms with Gasteiger partial charge in [0.2, 0.25) is 5.95 Å². The van der Waals surface area contributed by atoms with Crippen LogP contribution in [-0.4, -0.2) is 51.2 Å². The number of halogens is 3. The lowest BCUT2D eigenvalue weighted by molar-refractivity contribution is -0.141. The van der Waals surface area contributed by atoms with Gasteiger partial charge in [0.15, 0.2) is 0 Å². The van der Waals surface area contributed by atoms with Crippen LogP contribution >= 0.6 is 0 Å². The predicted octanol–water partition coefficient (Wildman–Crippen LogP) is 2.03. The highest BCUT2D eigenvalue weighted by Gasteiger charge is 2.33. The van der Waals surface area contributed by atoms with Gasteiger partial charge >= 0.3 is 6.18 Å². The standard InChI is InChI=1S/C16H19F3N6/c17-16(18,19)14-4-5-20-15(21-14)25-8-6-24(7-9-25)10-13-11-2-1-3-12(11)22-23-13/h4-5H,1-3,6-10H2,(H,22,23). The van der Waals surface area contributed by atoms with Crippen LogP contribution in [0.2, 0.25) is 0 Å². The van der Waals surface area contributed by atoms with Gasteiger partial charge in [0.05, 0.1) is 5.69 Å². The van der Waals surface area contributed by atoms with Crippen molar-refractivity contribution in [1.82, 2.24) is 25.1 Å². The molecule has 2 aromatic rings. The predicted molar refractivity (Wildman–Crippen MR) is 85.1 cm³/mol. The van der Waals surface area contributed by atoms with Crippen LogP contribution in [0.1, 0.15) is 29.1 Å². The molecule has 0 radical (unpaired) electrons. The number of piperazine rings is 1. The number of aromatic amines is 1. The quantitative estimate of drug-likeness (QED) is 0.916. The summed E-state index contributed by atoms with van der Waals surface area (Å²) in [4.78, 5) is 11.8. The second kappa shape index (κ2) is 6.29. The summed E-state index contributed by atoms with van der Waals surface area (Å²) in [5.41, 5.74) is 2.82. The number of H-pyrrole nitrogens is 1. The topological polar surface area (TPSA) is 60.9 Å². The lowest BCUT2D eigenvalue weighted by Gasteiger charge is -2.34. The fourth-order valence-electron chi connectivity index (χ4n) is 3.50. The summed E-state index contributed by atoms with van der Waals surface area (Å²) >= 11 is 0. The first-order valence-electron chi connectivity index (χ1n) is 8.43. The van der Waals surface area contributed by atoms with Gasteiger partial charge < -0.3 is 4.90 Å². The molecule has 25 heavy (non-hydrogen) atoms. The zero-order valence-electron chi connectivity index (χ0n) is 13.7. The average molecular weight is 352 g/mol. The Morgan fingerprint density at radius 2 is 1.92 bits per heavy atom. The highest BCUT2D eigenvalue weighted by molar-refractivity contribution is 5.32. The molecule has 1 aliphatic heterocycles. The van der Waals surface area contributed by atoms with Crippen molar-refractivity contribution in [2.24, 2.45) is 0 Å². The Bertz CT molecular complexity index is 749. The third-order valence-corrected chi connectivity index (χ3v) is 4.85. The zero-order chi connectivity index (χ0) is 17.4. The molecule has 2 aliphatic rings. The van der Waals surface area contributed by atoms with Crippen molar-refractivity contribution in [3.63, 3.8) is 0 Å². The van der Waals surface area contributed by atoms with E-state index in [2.05, 4.69) is 25.1 Å². The molecule has 1 aliphatic carbocycles. The smallest absolute Gasteiger partial charge is 0.338 e. The molecular formula is C16H19F3N6. The third kappa shape index (κ3) is 3.33. The number of alkyl halides is 3. The van der Waals surface area contributed by atoms with E-state index >= 15 is 0 Å². The highest BCUT2D eigenvalue weighted by Crippen LogP contribution is 2.28. The van der Waals surface area contributed by atoms with Crippen LogP contribution in [0, 0.1) is 0 Å². The Labute approximate surface area is 143 Å². The van der Waals surface area contributed by atoms with Crippen LogP contribution in [0.5, 0.6) is 0 Å². The third-order valence-electron chi connectivity index (χ3n) is 4.85. The minimum atomic E-state index is -4.44. The second-order valence-electron chi connectivity index (χ2n) is 6.48. The number of rotatable bonds is 3. The summed E-state index contributed by atoms with van der Waals surface area (Å²) in [5, 5.41) is 7.53.